The Kier molecular flexibility index (Phi) is 3.25. The minimum atomic E-state index is -0.125. The lowest BCUT2D eigenvalue weighted by molar-refractivity contribution is 0.105. The molecule has 2 heteroatoms. The van der Waals surface area contributed by atoms with Crippen molar-refractivity contribution < 1.29 is 4.74 Å². The Morgan fingerprint density at radius 2 is 1.93 bits per heavy atom. The highest BCUT2D eigenvalue weighted by molar-refractivity contribution is 6.32. The molecule has 1 aromatic rings. The van der Waals surface area contributed by atoms with Gasteiger partial charge in [-0.3, -0.25) is 0 Å². The van der Waals surface area contributed by atoms with E-state index in [4.69, 9.17) is 12.6 Å². The summed E-state index contributed by atoms with van der Waals surface area (Å²) in [6, 6.07) is 5.81. The van der Waals surface area contributed by atoms with E-state index in [1.807, 2.05) is 25.1 Å². The Bertz CT molecular complexity index is 298. The summed E-state index contributed by atoms with van der Waals surface area (Å²) in [5.41, 5.74) is 1.76. The zero-order valence-electron chi connectivity index (χ0n) is 9.42. The summed E-state index contributed by atoms with van der Waals surface area (Å²) in [4.78, 5) is 0. The number of aryl methyl sites for hydroxylation is 1. The second-order valence-corrected chi connectivity index (χ2v) is 4.29. The van der Waals surface area contributed by atoms with Gasteiger partial charge in [-0.1, -0.05) is 18.5 Å². The van der Waals surface area contributed by atoms with E-state index in [9.17, 15) is 0 Å². The molecule has 0 saturated heterocycles. The Balaban J connectivity index is 2.87. The van der Waals surface area contributed by atoms with Gasteiger partial charge in [0.1, 0.15) is 19.2 Å². The van der Waals surface area contributed by atoms with Crippen molar-refractivity contribution in [3.05, 3.63) is 23.8 Å². The molecule has 74 valence electrons. The van der Waals surface area contributed by atoms with Crippen molar-refractivity contribution in [3.8, 4) is 5.75 Å². The van der Waals surface area contributed by atoms with Gasteiger partial charge in [-0.2, -0.15) is 0 Å². The van der Waals surface area contributed by atoms with Crippen molar-refractivity contribution in [1.82, 2.24) is 0 Å². The van der Waals surface area contributed by atoms with Crippen LogP contribution in [0.4, 0.5) is 0 Å². The Morgan fingerprint density at radius 1 is 1.29 bits per heavy atom. The SMILES string of the molecule is [B]c1cc(C)cc(OC(C)(C)CC)c1. The van der Waals surface area contributed by atoms with E-state index in [1.54, 1.807) is 0 Å². The fourth-order valence-electron chi connectivity index (χ4n) is 1.23. The van der Waals surface area contributed by atoms with Crippen molar-refractivity contribution in [2.75, 3.05) is 0 Å². The molecule has 0 amide bonds. The van der Waals surface area contributed by atoms with Crippen LogP contribution in [-0.2, 0) is 0 Å². The average Bonchev–Trinajstić information content (AvgIpc) is 2.01. The van der Waals surface area contributed by atoms with Crippen LogP contribution in [0.5, 0.6) is 5.75 Å². The average molecular weight is 188 g/mol. The molecule has 2 radical (unpaired) electrons. The molecule has 0 aliphatic carbocycles. The first-order valence-electron chi connectivity index (χ1n) is 4.99. The zero-order chi connectivity index (χ0) is 10.8. The molecule has 0 atom stereocenters. The second-order valence-electron chi connectivity index (χ2n) is 4.29. The lowest BCUT2D eigenvalue weighted by Gasteiger charge is -2.25. The topological polar surface area (TPSA) is 9.23 Å². The van der Waals surface area contributed by atoms with Crippen molar-refractivity contribution in [1.29, 1.82) is 0 Å². The van der Waals surface area contributed by atoms with Gasteiger partial charge in [-0.25, -0.2) is 0 Å². The van der Waals surface area contributed by atoms with E-state index in [1.165, 1.54) is 0 Å². The minimum absolute atomic E-state index is 0.125. The Hall–Kier alpha value is -0.915. The normalized spacial score (nSPS) is 11.4. The maximum Gasteiger partial charge on any atom is 0.119 e. The van der Waals surface area contributed by atoms with Gasteiger partial charge in [0.2, 0.25) is 0 Å². The maximum absolute atomic E-state index is 5.83. The molecule has 0 fully saturated rings. The van der Waals surface area contributed by atoms with Gasteiger partial charge in [0.05, 0.1) is 0 Å². The fourth-order valence-corrected chi connectivity index (χ4v) is 1.23. The second kappa shape index (κ2) is 4.08. The summed E-state index contributed by atoms with van der Waals surface area (Å²) in [5.74, 6) is 0.856. The van der Waals surface area contributed by atoms with Crippen LogP contribution in [0.15, 0.2) is 18.2 Å². The van der Waals surface area contributed by atoms with E-state index in [2.05, 4.69) is 20.8 Å². The summed E-state index contributed by atoms with van der Waals surface area (Å²) in [6.07, 6.45) is 0.973. The minimum Gasteiger partial charge on any atom is -0.488 e. The summed E-state index contributed by atoms with van der Waals surface area (Å²) in [5, 5.41) is 0. The first-order valence-corrected chi connectivity index (χ1v) is 4.99. The lowest BCUT2D eigenvalue weighted by Crippen LogP contribution is -2.27. The summed E-state index contributed by atoms with van der Waals surface area (Å²) >= 11 is 0. The molecular formula is C12H17BO. The van der Waals surface area contributed by atoms with Gasteiger partial charge >= 0.3 is 0 Å². The van der Waals surface area contributed by atoms with Crippen LogP contribution in [0, 0.1) is 6.92 Å². The lowest BCUT2D eigenvalue weighted by atomic mass is 9.94. The van der Waals surface area contributed by atoms with Crippen LogP contribution >= 0.6 is 0 Å². The highest BCUT2D eigenvalue weighted by Crippen LogP contribution is 2.20. The van der Waals surface area contributed by atoms with Crippen molar-refractivity contribution in [2.45, 2.75) is 39.7 Å². The number of hydrogen-bond donors (Lipinski definition) is 0. The molecule has 0 unspecified atom stereocenters. The van der Waals surface area contributed by atoms with Gasteiger partial charge in [0.25, 0.3) is 0 Å². The predicted octanol–water partition coefficient (Wildman–Crippen LogP) is 2.36. The van der Waals surface area contributed by atoms with Crippen LogP contribution < -0.4 is 10.2 Å². The molecule has 0 aromatic heterocycles. The highest BCUT2D eigenvalue weighted by Gasteiger charge is 2.16. The van der Waals surface area contributed by atoms with E-state index < -0.39 is 0 Å². The monoisotopic (exact) mass is 188 g/mol. The van der Waals surface area contributed by atoms with Gasteiger partial charge in [0.15, 0.2) is 0 Å². The molecule has 1 aromatic carbocycles. The molecule has 0 aliphatic heterocycles. The number of rotatable bonds is 3. The molecular weight excluding hydrogens is 171 g/mol. The molecule has 0 heterocycles. The largest absolute Gasteiger partial charge is 0.488 e. The van der Waals surface area contributed by atoms with E-state index in [0.717, 1.165) is 23.2 Å². The van der Waals surface area contributed by atoms with Crippen molar-refractivity contribution >= 4 is 13.3 Å². The van der Waals surface area contributed by atoms with Gasteiger partial charge in [-0.05, 0) is 44.9 Å². The fraction of sp³-hybridized carbons (Fsp3) is 0.500. The third-order valence-corrected chi connectivity index (χ3v) is 2.32. The Morgan fingerprint density at radius 3 is 2.43 bits per heavy atom. The summed E-state index contributed by atoms with van der Waals surface area (Å²) in [7, 11) is 5.74. The third kappa shape index (κ3) is 3.10. The number of hydrogen-bond acceptors (Lipinski definition) is 1. The van der Waals surface area contributed by atoms with Gasteiger partial charge in [-0.15, -0.1) is 0 Å². The number of ether oxygens (including phenoxy) is 1. The van der Waals surface area contributed by atoms with Crippen LogP contribution in [0.1, 0.15) is 32.8 Å². The standard InChI is InChI=1S/C12H17BO/c1-5-12(3,4)14-11-7-9(2)6-10(13)8-11/h6-8H,5H2,1-4H3. The molecule has 0 aliphatic rings. The van der Waals surface area contributed by atoms with Crippen molar-refractivity contribution in [2.24, 2.45) is 0 Å². The molecule has 14 heavy (non-hydrogen) atoms. The van der Waals surface area contributed by atoms with Crippen LogP contribution in [0.2, 0.25) is 0 Å². The van der Waals surface area contributed by atoms with Gasteiger partial charge < -0.3 is 4.74 Å². The summed E-state index contributed by atoms with van der Waals surface area (Å²) < 4.78 is 5.83. The van der Waals surface area contributed by atoms with E-state index >= 15 is 0 Å². The van der Waals surface area contributed by atoms with Crippen LogP contribution in [0.3, 0.4) is 0 Å². The highest BCUT2D eigenvalue weighted by atomic mass is 16.5. The molecule has 0 spiro atoms. The maximum atomic E-state index is 5.83. The molecule has 0 N–H and O–H groups in total. The van der Waals surface area contributed by atoms with Crippen LogP contribution in [-0.4, -0.2) is 13.4 Å². The molecule has 0 bridgehead atoms. The Labute approximate surface area is 87.9 Å². The molecule has 1 nitrogen and oxygen atoms in total. The summed E-state index contributed by atoms with van der Waals surface area (Å²) in [6.45, 7) is 8.28. The molecule has 1 rings (SSSR count). The van der Waals surface area contributed by atoms with E-state index in [-0.39, 0.29) is 5.60 Å². The predicted molar refractivity (Wildman–Crippen MR) is 61.6 cm³/mol. The quantitative estimate of drug-likeness (QED) is 0.661. The van der Waals surface area contributed by atoms with E-state index in [0.29, 0.717) is 0 Å². The zero-order valence-corrected chi connectivity index (χ0v) is 9.42. The first kappa shape index (κ1) is 11.2. The number of benzene rings is 1. The van der Waals surface area contributed by atoms with Gasteiger partial charge in [0, 0.05) is 0 Å². The molecule has 0 saturated carbocycles. The first-order chi connectivity index (χ1) is 6.43. The van der Waals surface area contributed by atoms with Crippen LogP contribution in [0.25, 0.3) is 0 Å². The van der Waals surface area contributed by atoms with Crippen molar-refractivity contribution in [3.63, 3.8) is 0 Å². The smallest absolute Gasteiger partial charge is 0.119 e. The third-order valence-electron chi connectivity index (χ3n) is 2.32.